The van der Waals surface area contributed by atoms with Gasteiger partial charge in [-0.15, -0.1) is 10.2 Å². The molecule has 0 spiro atoms. The fourth-order valence-electron chi connectivity index (χ4n) is 7.78. The second kappa shape index (κ2) is 11.0. The van der Waals surface area contributed by atoms with Gasteiger partial charge in [0.25, 0.3) is 5.78 Å². The standard InChI is InChI=1S/C46H52N6/c1-27-40(51-36-18-14-28(43(2,3)4)22-32(36)33-23-29(44(5,6)7)15-19-37(33)51)48-42-49-47-26-50(42)41(27)52-38-20-16-30(45(8,9)10)24-34(38)35-25-31(46(11,12)13)17-21-39(35)52/h14-26H,1-13H3. The predicted molar refractivity (Wildman–Crippen MR) is 219 cm³/mol. The molecule has 0 radical (unpaired) electrons. The fourth-order valence-corrected chi connectivity index (χ4v) is 7.78. The molecule has 6 nitrogen and oxygen atoms in total. The van der Waals surface area contributed by atoms with E-state index >= 15 is 0 Å². The number of fused-ring (bicyclic) bond motifs is 7. The Morgan fingerprint density at radius 3 is 1.15 bits per heavy atom. The maximum atomic E-state index is 5.28. The number of hydrogen-bond acceptors (Lipinski definition) is 3. The Labute approximate surface area is 307 Å². The molecule has 0 saturated heterocycles. The molecule has 6 heteroatoms. The van der Waals surface area contributed by atoms with Crippen molar-refractivity contribution in [2.24, 2.45) is 0 Å². The van der Waals surface area contributed by atoms with E-state index in [4.69, 9.17) is 4.98 Å². The van der Waals surface area contributed by atoms with Gasteiger partial charge < -0.3 is 0 Å². The summed E-state index contributed by atoms with van der Waals surface area (Å²) in [4.78, 5) is 5.28. The number of nitrogens with zero attached hydrogens (tertiary/aromatic N) is 6. The Morgan fingerprint density at radius 1 is 0.462 bits per heavy atom. The first-order valence-electron chi connectivity index (χ1n) is 18.6. The Hall–Kier alpha value is -4.97. The fraction of sp³-hybridized carbons (Fsp3) is 0.370. The van der Waals surface area contributed by atoms with E-state index in [1.54, 1.807) is 6.33 Å². The zero-order valence-electron chi connectivity index (χ0n) is 33.2. The van der Waals surface area contributed by atoms with E-state index in [2.05, 4.69) is 187 Å². The van der Waals surface area contributed by atoms with Gasteiger partial charge in [-0.05, 0) is 99.4 Å². The number of benzene rings is 4. The summed E-state index contributed by atoms with van der Waals surface area (Å²) in [5.74, 6) is 2.41. The molecule has 0 amide bonds. The van der Waals surface area contributed by atoms with Crippen molar-refractivity contribution in [3.05, 3.63) is 107 Å². The zero-order chi connectivity index (χ0) is 37.3. The topological polar surface area (TPSA) is 52.9 Å². The van der Waals surface area contributed by atoms with Crippen LogP contribution < -0.4 is 0 Å². The minimum atomic E-state index is 0.0157. The van der Waals surface area contributed by atoms with Gasteiger partial charge in [-0.1, -0.05) is 107 Å². The van der Waals surface area contributed by atoms with Crippen LogP contribution in [0.4, 0.5) is 0 Å². The van der Waals surface area contributed by atoms with E-state index in [1.807, 2.05) is 0 Å². The summed E-state index contributed by atoms with van der Waals surface area (Å²) in [6, 6.07) is 27.9. The first kappa shape index (κ1) is 34.1. The monoisotopic (exact) mass is 688 g/mol. The number of rotatable bonds is 2. The molecule has 266 valence electrons. The SMILES string of the molecule is Cc1c(-n2c3ccc(C(C)(C)C)cc3c3cc(C(C)(C)C)ccc32)nc2nncn2c1-n1c2ccc(C(C)(C)C)cc2c2cc(C(C)(C)C)ccc21. The molecular weight excluding hydrogens is 637 g/mol. The molecule has 0 bridgehead atoms. The quantitative estimate of drug-likeness (QED) is 0.182. The average molecular weight is 689 g/mol. The molecule has 52 heavy (non-hydrogen) atoms. The van der Waals surface area contributed by atoms with Crippen molar-refractivity contribution < 1.29 is 0 Å². The smallest absolute Gasteiger partial charge is 0.258 e. The van der Waals surface area contributed by atoms with E-state index < -0.39 is 0 Å². The van der Waals surface area contributed by atoms with Crippen molar-refractivity contribution in [3.8, 4) is 11.6 Å². The maximum absolute atomic E-state index is 5.28. The van der Waals surface area contributed by atoms with E-state index in [-0.39, 0.29) is 21.7 Å². The van der Waals surface area contributed by atoms with Gasteiger partial charge in [0.2, 0.25) is 0 Å². The zero-order valence-corrected chi connectivity index (χ0v) is 33.2. The van der Waals surface area contributed by atoms with Crippen LogP contribution in [-0.2, 0) is 21.7 Å². The summed E-state index contributed by atoms with van der Waals surface area (Å²) >= 11 is 0. The third kappa shape index (κ3) is 5.24. The summed E-state index contributed by atoms with van der Waals surface area (Å²) < 4.78 is 6.81. The highest BCUT2D eigenvalue weighted by Gasteiger charge is 2.27. The van der Waals surface area contributed by atoms with Crippen molar-refractivity contribution in [1.82, 2.24) is 28.7 Å². The van der Waals surface area contributed by atoms with Gasteiger partial charge in [-0.25, -0.2) is 0 Å². The summed E-state index contributed by atoms with van der Waals surface area (Å²) in [5, 5.41) is 14.0. The Bertz CT molecular complexity index is 2580. The van der Waals surface area contributed by atoms with Crippen LogP contribution >= 0.6 is 0 Å². The molecule has 0 atom stereocenters. The van der Waals surface area contributed by atoms with Gasteiger partial charge in [0, 0.05) is 27.1 Å². The van der Waals surface area contributed by atoms with Gasteiger partial charge in [0.1, 0.15) is 18.0 Å². The molecule has 0 aliphatic heterocycles. The van der Waals surface area contributed by atoms with Crippen LogP contribution in [0.5, 0.6) is 0 Å². The molecule has 0 unspecified atom stereocenters. The molecule has 0 N–H and O–H groups in total. The van der Waals surface area contributed by atoms with Crippen molar-refractivity contribution in [2.75, 3.05) is 0 Å². The minimum absolute atomic E-state index is 0.0157. The summed E-state index contributed by atoms with van der Waals surface area (Å²) in [6.07, 6.45) is 1.80. The van der Waals surface area contributed by atoms with Crippen molar-refractivity contribution in [1.29, 1.82) is 0 Å². The maximum Gasteiger partial charge on any atom is 0.258 e. The molecule has 0 aliphatic rings. The Morgan fingerprint density at radius 2 is 0.808 bits per heavy atom. The van der Waals surface area contributed by atoms with Gasteiger partial charge in [0.05, 0.1) is 22.1 Å². The molecular formula is C46H52N6. The van der Waals surface area contributed by atoms with Gasteiger partial charge in [-0.2, -0.15) is 4.98 Å². The van der Waals surface area contributed by atoms with Crippen molar-refractivity contribution in [2.45, 2.75) is 112 Å². The highest BCUT2D eigenvalue weighted by molar-refractivity contribution is 6.11. The highest BCUT2D eigenvalue weighted by Crippen LogP contribution is 2.41. The third-order valence-electron chi connectivity index (χ3n) is 11.1. The van der Waals surface area contributed by atoms with Crippen LogP contribution in [-0.4, -0.2) is 28.7 Å². The van der Waals surface area contributed by atoms with E-state index in [0.717, 1.165) is 39.3 Å². The van der Waals surface area contributed by atoms with Crippen LogP contribution in [0.1, 0.15) is 111 Å². The molecule has 0 saturated carbocycles. The lowest BCUT2D eigenvalue weighted by atomic mass is 9.85. The van der Waals surface area contributed by atoms with Gasteiger partial charge in [0.15, 0.2) is 0 Å². The van der Waals surface area contributed by atoms with E-state index in [9.17, 15) is 0 Å². The molecule has 4 aromatic carbocycles. The largest absolute Gasteiger partial charge is 0.294 e. The van der Waals surface area contributed by atoms with E-state index in [0.29, 0.717) is 5.78 Å². The third-order valence-corrected chi connectivity index (χ3v) is 11.1. The first-order valence-corrected chi connectivity index (χ1v) is 18.6. The van der Waals surface area contributed by atoms with Gasteiger partial charge >= 0.3 is 0 Å². The van der Waals surface area contributed by atoms with E-state index in [1.165, 1.54) is 43.8 Å². The molecule has 4 heterocycles. The molecule has 0 aliphatic carbocycles. The summed E-state index contributed by atoms with van der Waals surface area (Å²) in [6.45, 7) is 29.6. The molecule has 8 aromatic rings. The van der Waals surface area contributed by atoms with Crippen LogP contribution in [0.3, 0.4) is 0 Å². The van der Waals surface area contributed by atoms with Crippen LogP contribution in [0.15, 0.2) is 79.1 Å². The lowest BCUT2D eigenvalue weighted by molar-refractivity contribution is 0.590. The van der Waals surface area contributed by atoms with Crippen LogP contribution in [0.2, 0.25) is 0 Å². The van der Waals surface area contributed by atoms with Crippen LogP contribution in [0.25, 0.3) is 61.0 Å². The van der Waals surface area contributed by atoms with Crippen molar-refractivity contribution >= 4 is 49.4 Å². The summed E-state index contributed by atoms with van der Waals surface area (Å²) in [7, 11) is 0. The summed E-state index contributed by atoms with van der Waals surface area (Å²) in [5.41, 5.74) is 10.9. The Balaban J connectivity index is 1.50. The predicted octanol–water partition coefficient (Wildman–Crippen LogP) is 11.8. The van der Waals surface area contributed by atoms with Crippen molar-refractivity contribution in [3.63, 3.8) is 0 Å². The first-order chi connectivity index (χ1) is 24.2. The highest BCUT2D eigenvalue weighted by atomic mass is 15.3. The molecule has 0 fully saturated rings. The Kier molecular flexibility index (Phi) is 7.23. The number of aromatic nitrogens is 6. The van der Waals surface area contributed by atoms with Gasteiger partial charge in [-0.3, -0.25) is 13.5 Å². The second-order valence-electron chi connectivity index (χ2n) is 19.0. The lowest BCUT2D eigenvalue weighted by Crippen LogP contribution is -2.13. The number of hydrogen-bond donors (Lipinski definition) is 0. The lowest BCUT2D eigenvalue weighted by Gasteiger charge is -2.20. The second-order valence-corrected chi connectivity index (χ2v) is 19.0. The molecule has 8 rings (SSSR count). The minimum Gasteiger partial charge on any atom is -0.294 e. The molecule has 4 aromatic heterocycles. The normalized spacial score (nSPS) is 13.5. The average Bonchev–Trinajstić information content (AvgIpc) is 3.74. The van der Waals surface area contributed by atoms with Crippen LogP contribution in [0, 0.1) is 6.92 Å².